The second kappa shape index (κ2) is 4.54. The summed E-state index contributed by atoms with van der Waals surface area (Å²) in [6.45, 7) is 0. The topological polar surface area (TPSA) is 54.5 Å². The summed E-state index contributed by atoms with van der Waals surface area (Å²) in [4.78, 5) is 8.83. The Morgan fingerprint density at radius 3 is 2.80 bits per heavy atom. The highest BCUT2D eigenvalue weighted by molar-refractivity contribution is 7.21. The Morgan fingerprint density at radius 2 is 1.95 bits per heavy atom. The zero-order valence-corrected chi connectivity index (χ0v) is 11.3. The number of aromatic amines is 1. The lowest BCUT2D eigenvalue weighted by Gasteiger charge is -1.99. The predicted molar refractivity (Wildman–Crippen MR) is 80.4 cm³/mol. The van der Waals surface area contributed by atoms with Crippen LogP contribution in [-0.4, -0.2) is 20.2 Å². The lowest BCUT2D eigenvalue weighted by Crippen LogP contribution is -1.82. The first-order valence-corrected chi connectivity index (χ1v) is 7.03. The number of nitrogens with zero attached hydrogens (tertiary/aromatic N) is 3. The fourth-order valence-electron chi connectivity index (χ4n) is 2.17. The average molecular weight is 278 g/mol. The molecule has 0 aliphatic heterocycles. The maximum atomic E-state index is 4.68. The van der Waals surface area contributed by atoms with Crippen molar-refractivity contribution in [1.82, 2.24) is 20.2 Å². The molecule has 0 fully saturated rings. The van der Waals surface area contributed by atoms with Crippen molar-refractivity contribution in [2.24, 2.45) is 0 Å². The molecule has 5 heteroatoms. The second-order valence-corrected chi connectivity index (χ2v) is 5.42. The lowest BCUT2D eigenvalue weighted by molar-refractivity contribution is 1.09. The second-order valence-electron chi connectivity index (χ2n) is 4.39. The minimum Gasteiger partial charge on any atom is -0.277 e. The van der Waals surface area contributed by atoms with E-state index in [1.54, 1.807) is 17.5 Å². The third-order valence-electron chi connectivity index (χ3n) is 3.11. The number of thiazole rings is 1. The van der Waals surface area contributed by atoms with Gasteiger partial charge in [-0.15, -0.1) is 11.3 Å². The summed E-state index contributed by atoms with van der Waals surface area (Å²) < 4.78 is 1.18. The Morgan fingerprint density at radius 1 is 1.00 bits per heavy atom. The highest BCUT2D eigenvalue weighted by atomic mass is 32.1. The number of benzene rings is 1. The molecule has 0 atom stereocenters. The SMILES string of the molecule is c1cncc(-c2[nH]ncc2-c2nc3ccccc3s2)c1. The van der Waals surface area contributed by atoms with E-state index in [1.165, 1.54) is 4.70 Å². The summed E-state index contributed by atoms with van der Waals surface area (Å²) >= 11 is 1.67. The van der Waals surface area contributed by atoms with Gasteiger partial charge in [-0.05, 0) is 24.3 Å². The number of rotatable bonds is 2. The highest BCUT2D eigenvalue weighted by Crippen LogP contribution is 2.34. The molecule has 3 aromatic heterocycles. The molecule has 1 aromatic carbocycles. The van der Waals surface area contributed by atoms with Crippen molar-refractivity contribution in [2.45, 2.75) is 0 Å². The molecule has 0 saturated carbocycles. The maximum absolute atomic E-state index is 4.68. The van der Waals surface area contributed by atoms with Gasteiger partial charge >= 0.3 is 0 Å². The van der Waals surface area contributed by atoms with Crippen LogP contribution in [0.4, 0.5) is 0 Å². The molecule has 0 unspecified atom stereocenters. The summed E-state index contributed by atoms with van der Waals surface area (Å²) in [6.07, 6.45) is 5.40. The van der Waals surface area contributed by atoms with Crippen LogP contribution >= 0.6 is 11.3 Å². The number of fused-ring (bicyclic) bond motifs is 1. The summed E-state index contributed by atoms with van der Waals surface area (Å²) in [7, 11) is 0. The molecule has 0 aliphatic rings. The van der Waals surface area contributed by atoms with Crippen molar-refractivity contribution in [3.8, 4) is 21.8 Å². The van der Waals surface area contributed by atoms with E-state index in [9.17, 15) is 0 Å². The molecule has 0 amide bonds. The molecule has 3 heterocycles. The van der Waals surface area contributed by atoms with Crippen LogP contribution in [0.25, 0.3) is 32.0 Å². The van der Waals surface area contributed by atoms with Gasteiger partial charge in [0.2, 0.25) is 0 Å². The van der Waals surface area contributed by atoms with E-state index in [4.69, 9.17) is 0 Å². The molecule has 0 radical (unpaired) electrons. The number of pyridine rings is 1. The van der Waals surface area contributed by atoms with Crippen molar-refractivity contribution >= 4 is 21.6 Å². The van der Waals surface area contributed by atoms with E-state index in [0.29, 0.717) is 0 Å². The standard InChI is InChI=1S/C15H10N4S/c1-2-6-13-12(5-1)18-15(20-13)11-9-17-19-14(11)10-4-3-7-16-8-10/h1-9H,(H,17,19). The van der Waals surface area contributed by atoms with Gasteiger partial charge in [0.1, 0.15) is 5.01 Å². The van der Waals surface area contributed by atoms with Gasteiger partial charge in [-0.3, -0.25) is 10.1 Å². The summed E-state index contributed by atoms with van der Waals surface area (Å²) in [5.41, 5.74) is 4.00. The number of hydrogen-bond donors (Lipinski definition) is 1. The van der Waals surface area contributed by atoms with Gasteiger partial charge in [0.25, 0.3) is 0 Å². The average Bonchev–Trinajstić information content (AvgIpc) is 3.14. The van der Waals surface area contributed by atoms with Crippen molar-refractivity contribution in [2.75, 3.05) is 0 Å². The smallest absolute Gasteiger partial charge is 0.128 e. The Labute approximate surface area is 119 Å². The number of nitrogens with one attached hydrogen (secondary N) is 1. The monoisotopic (exact) mass is 278 g/mol. The minimum atomic E-state index is 0.956. The Kier molecular flexibility index (Phi) is 2.57. The van der Waals surface area contributed by atoms with Crippen molar-refractivity contribution in [1.29, 1.82) is 0 Å². The summed E-state index contributed by atoms with van der Waals surface area (Å²) in [6, 6.07) is 12.1. The zero-order chi connectivity index (χ0) is 13.4. The molecular weight excluding hydrogens is 268 g/mol. The first kappa shape index (κ1) is 11.3. The Hall–Kier alpha value is -2.53. The van der Waals surface area contributed by atoms with Crippen LogP contribution in [0.3, 0.4) is 0 Å². The molecule has 0 saturated heterocycles. The van der Waals surface area contributed by atoms with Gasteiger partial charge in [-0.1, -0.05) is 12.1 Å². The molecule has 20 heavy (non-hydrogen) atoms. The molecule has 0 spiro atoms. The number of para-hydroxylation sites is 1. The van der Waals surface area contributed by atoms with Crippen molar-refractivity contribution in [3.63, 3.8) is 0 Å². The summed E-state index contributed by atoms with van der Waals surface area (Å²) in [5, 5.41) is 8.17. The van der Waals surface area contributed by atoms with E-state index >= 15 is 0 Å². The van der Waals surface area contributed by atoms with E-state index < -0.39 is 0 Å². The van der Waals surface area contributed by atoms with Crippen molar-refractivity contribution in [3.05, 3.63) is 55.0 Å². The Balaban J connectivity index is 1.89. The first-order chi connectivity index (χ1) is 9.92. The Bertz CT molecular complexity index is 831. The summed E-state index contributed by atoms with van der Waals surface area (Å²) in [5.74, 6) is 0. The van der Waals surface area contributed by atoms with Gasteiger partial charge in [0.05, 0.1) is 27.7 Å². The number of hydrogen-bond acceptors (Lipinski definition) is 4. The predicted octanol–water partition coefficient (Wildman–Crippen LogP) is 3.75. The van der Waals surface area contributed by atoms with E-state index in [0.717, 1.165) is 27.3 Å². The van der Waals surface area contributed by atoms with Gasteiger partial charge in [-0.25, -0.2) is 4.98 Å². The number of H-pyrrole nitrogens is 1. The fourth-order valence-corrected chi connectivity index (χ4v) is 3.15. The van der Waals surface area contributed by atoms with E-state index in [2.05, 4.69) is 26.2 Å². The normalized spacial score (nSPS) is 11.0. The third-order valence-corrected chi connectivity index (χ3v) is 4.18. The quantitative estimate of drug-likeness (QED) is 0.607. The van der Waals surface area contributed by atoms with Gasteiger partial charge < -0.3 is 0 Å². The molecule has 1 N–H and O–H groups in total. The fraction of sp³-hybridized carbons (Fsp3) is 0. The zero-order valence-electron chi connectivity index (χ0n) is 10.4. The molecular formula is C15H10N4S. The largest absolute Gasteiger partial charge is 0.277 e. The van der Waals surface area contributed by atoms with Crippen molar-refractivity contribution < 1.29 is 0 Å². The lowest BCUT2D eigenvalue weighted by atomic mass is 10.1. The molecule has 4 nitrogen and oxygen atoms in total. The highest BCUT2D eigenvalue weighted by Gasteiger charge is 2.13. The molecule has 96 valence electrons. The molecule has 0 aliphatic carbocycles. The van der Waals surface area contributed by atoms with Crippen LogP contribution in [0, 0.1) is 0 Å². The van der Waals surface area contributed by atoms with E-state index in [1.807, 2.05) is 42.7 Å². The first-order valence-electron chi connectivity index (χ1n) is 6.21. The maximum Gasteiger partial charge on any atom is 0.128 e. The van der Waals surface area contributed by atoms with E-state index in [-0.39, 0.29) is 0 Å². The molecule has 4 aromatic rings. The van der Waals surface area contributed by atoms with Crippen LogP contribution in [0.5, 0.6) is 0 Å². The van der Waals surface area contributed by atoms with Gasteiger partial charge in [0, 0.05) is 18.0 Å². The molecule has 0 bridgehead atoms. The number of aromatic nitrogens is 4. The van der Waals surface area contributed by atoms with Crippen LogP contribution < -0.4 is 0 Å². The van der Waals surface area contributed by atoms with Crippen LogP contribution in [0.15, 0.2) is 55.0 Å². The molecule has 4 rings (SSSR count). The van der Waals surface area contributed by atoms with Crippen LogP contribution in [0.1, 0.15) is 0 Å². The van der Waals surface area contributed by atoms with Crippen LogP contribution in [-0.2, 0) is 0 Å². The van der Waals surface area contributed by atoms with Gasteiger partial charge in [0.15, 0.2) is 0 Å². The van der Waals surface area contributed by atoms with Gasteiger partial charge in [-0.2, -0.15) is 5.10 Å². The minimum absolute atomic E-state index is 0.956. The van der Waals surface area contributed by atoms with Crippen LogP contribution in [0.2, 0.25) is 0 Å². The third kappa shape index (κ3) is 1.80.